The minimum Gasteiger partial charge on any atom is -0.364 e. The Labute approximate surface area is 98.7 Å². The third kappa shape index (κ3) is 4.77. The fraction of sp³-hybridized carbons (Fsp3) is 0.400. The van der Waals surface area contributed by atoms with Crippen molar-refractivity contribution in [2.75, 3.05) is 32.0 Å². The molecule has 94 valence electrons. The Balaban J connectivity index is 2.34. The summed E-state index contributed by atoms with van der Waals surface area (Å²) in [5.74, 6) is 0. The van der Waals surface area contributed by atoms with E-state index >= 15 is 0 Å². The second kappa shape index (κ2) is 7.55. The van der Waals surface area contributed by atoms with Crippen LogP contribution < -0.4 is 11.1 Å². The Morgan fingerprint density at radius 1 is 1.29 bits per heavy atom. The van der Waals surface area contributed by atoms with E-state index in [-0.39, 0.29) is 19.1 Å². The molecule has 0 aliphatic rings. The fourth-order valence-corrected chi connectivity index (χ4v) is 1.18. The first-order valence-corrected chi connectivity index (χ1v) is 5.08. The lowest BCUT2D eigenvalue weighted by molar-refractivity contribution is -0.384. The molecule has 0 saturated carbocycles. The highest BCUT2D eigenvalue weighted by atomic mass is 16.6. The smallest absolute Gasteiger partial charge is 0.292 e. The van der Waals surface area contributed by atoms with Crippen molar-refractivity contribution in [1.82, 2.24) is 0 Å². The lowest BCUT2D eigenvalue weighted by Crippen LogP contribution is -2.14. The van der Waals surface area contributed by atoms with Gasteiger partial charge in [0.15, 0.2) is 0 Å². The van der Waals surface area contributed by atoms with E-state index in [9.17, 15) is 10.1 Å². The molecule has 1 aromatic rings. The molecule has 0 unspecified atom stereocenters. The van der Waals surface area contributed by atoms with Gasteiger partial charge in [-0.15, -0.1) is 0 Å². The Morgan fingerprint density at radius 2 is 2.00 bits per heavy atom. The van der Waals surface area contributed by atoms with Crippen molar-refractivity contribution >= 4 is 11.4 Å². The van der Waals surface area contributed by atoms with Crippen LogP contribution >= 0.6 is 0 Å². The van der Waals surface area contributed by atoms with E-state index in [2.05, 4.69) is 5.32 Å². The van der Waals surface area contributed by atoms with E-state index in [4.69, 9.17) is 15.2 Å². The average molecular weight is 241 g/mol. The predicted octanol–water partition coefficient (Wildman–Crippen LogP) is 0.914. The van der Waals surface area contributed by atoms with Crippen molar-refractivity contribution in [3.05, 3.63) is 34.4 Å². The molecule has 0 amide bonds. The maximum absolute atomic E-state index is 10.7. The first kappa shape index (κ1) is 13.4. The van der Waals surface area contributed by atoms with Gasteiger partial charge in [-0.25, -0.2) is 0 Å². The lowest BCUT2D eigenvalue weighted by atomic mass is 10.3. The first-order chi connectivity index (χ1) is 8.25. The topological polar surface area (TPSA) is 99.7 Å². The molecule has 0 spiro atoms. The minimum atomic E-state index is -0.445. The minimum absolute atomic E-state index is 0.0225. The van der Waals surface area contributed by atoms with Gasteiger partial charge in [-0.2, -0.15) is 0 Å². The van der Waals surface area contributed by atoms with Crippen molar-refractivity contribution in [3.8, 4) is 0 Å². The molecule has 0 aliphatic heterocycles. The summed E-state index contributed by atoms with van der Waals surface area (Å²) in [5, 5.41) is 13.5. The maximum atomic E-state index is 10.7. The number of hydrogen-bond acceptors (Lipinski definition) is 6. The molecule has 7 nitrogen and oxygen atoms in total. The van der Waals surface area contributed by atoms with Gasteiger partial charge in [-0.1, -0.05) is 12.1 Å². The van der Waals surface area contributed by atoms with Crippen molar-refractivity contribution in [2.24, 2.45) is 5.73 Å². The highest BCUT2D eigenvalue weighted by molar-refractivity contribution is 5.60. The Bertz CT molecular complexity index is 359. The van der Waals surface area contributed by atoms with Gasteiger partial charge in [-0.3, -0.25) is 10.1 Å². The molecule has 17 heavy (non-hydrogen) atoms. The number of ether oxygens (including phenoxy) is 2. The van der Waals surface area contributed by atoms with E-state index in [0.29, 0.717) is 18.9 Å². The number of nitrogens with one attached hydrogen (secondary N) is 1. The lowest BCUT2D eigenvalue weighted by Gasteiger charge is -2.07. The van der Waals surface area contributed by atoms with Crippen molar-refractivity contribution in [1.29, 1.82) is 0 Å². The molecule has 7 heteroatoms. The predicted molar refractivity (Wildman–Crippen MR) is 62.5 cm³/mol. The van der Waals surface area contributed by atoms with Gasteiger partial charge in [0.25, 0.3) is 5.69 Å². The molecule has 0 saturated heterocycles. The number of anilines is 1. The summed E-state index contributed by atoms with van der Waals surface area (Å²) < 4.78 is 10.0. The van der Waals surface area contributed by atoms with Gasteiger partial charge in [-0.05, 0) is 6.07 Å². The van der Waals surface area contributed by atoms with Gasteiger partial charge in [0.1, 0.15) is 12.4 Å². The molecule has 0 radical (unpaired) electrons. The molecule has 0 aliphatic carbocycles. The van der Waals surface area contributed by atoms with Crippen molar-refractivity contribution in [2.45, 2.75) is 0 Å². The summed E-state index contributed by atoms with van der Waals surface area (Å²) >= 11 is 0. The fourth-order valence-electron chi connectivity index (χ4n) is 1.18. The Kier molecular flexibility index (Phi) is 5.94. The second-order valence-corrected chi connectivity index (χ2v) is 3.08. The second-order valence-electron chi connectivity index (χ2n) is 3.08. The highest BCUT2D eigenvalue weighted by Gasteiger charge is 2.10. The molecule has 1 aromatic carbocycles. The van der Waals surface area contributed by atoms with E-state index in [0.717, 1.165) is 0 Å². The number of rotatable bonds is 8. The summed E-state index contributed by atoms with van der Waals surface area (Å²) in [7, 11) is 0. The van der Waals surface area contributed by atoms with Gasteiger partial charge in [0.2, 0.25) is 0 Å². The van der Waals surface area contributed by atoms with Crippen molar-refractivity contribution in [3.63, 3.8) is 0 Å². The molecule has 0 heterocycles. The Hall–Kier alpha value is -1.70. The molecule has 0 aromatic heterocycles. The summed E-state index contributed by atoms with van der Waals surface area (Å²) in [6.45, 7) is 1.11. The molecular weight excluding hydrogens is 226 g/mol. The SMILES string of the molecule is NCOCCOCNc1ccccc1[N+](=O)[O-]. The monoisotopic (exact) mass is 241 g/mol. The molecule has 1 rings (SSSR count). The van der Waals surface area contributed by atoms with Crippen LogP contribution in [0.4, 0.5) is 11.4 Å². The number of nitrogens with zero attached hydrogens (tertiary/aromatic N) is 1. The third-order valence-electron chi connectivity index (χ3n) is 1.96. The van der Waals surface area contributed by atoms with Crippen LogP contribution in [0.25, 0.3) is 0 Å². The van der Waals surface area contributed by atoms with Crippen LogP contribution in [0.1, 0.15) is 0 Å². The number of nitro benzene ring substituents is 1. The molecule has 0 atom stereocenters. The summed E-state index contributed by atoms with van der Waals surface area (Å²) in [5.41, 5.74) is 5.57. The average Bonchev–Trinajstić information content (AvgIpc) is 2.34. The number of nitrogens with two attached hydrogens (primary N) is 1. The van der Waals surface area contributed by atoms with Crippen LogP contribution in [0.5, 0.6) is 0 Å². The normalized spacial score (nSPS) is 10.2. The standard InChI is InChI=1S/C10H15N3O4/c11-7-16-5-6-17-8-12-9-3-1-2-4-10(9)13(14)15/h1-4,12H,5-8,11H2. The van der Waals surface area contributed by atoms with Crippen LogP contribution in [0, 0.1) is 10.1 Å². The molecule has 0 fully saturated rings. The van der Waals surface area contributed by atoms with E-state index in [1.54, 1.807) is 18.2 Å². The summed E-state index contributed by atoms with van der Waals surface area (Å²) in [6, 6.07) is 6.38. The van der Waals surface area contributed by atoms with E-state index in [1.807, 2.05) is 0 Å². The zero-order chi connectivity index (χ0) is 12.5. The number of hydrogen-bond donors (Lipinski definition) is 2. The van der Waals surface area contributed by atoms with Crippen LogP contribution in [0.15, 0.2) is 24.3 Å². The number of nitro groups is 1. The van der Waals surface area contributed by atoms with E-state index in [1.165, 1.54) is 6.07 Å². The van der Waals surface area contributed by atoms with Gasteiger partial charge in [0, 0.05) is 6.07 Å². The summed E-state index contributed by atoms with van der Waals surface area (Å²) in [6.07, 6.45) is 0. The van der Waals surface area contributed by atoms with Crippen LogP contribution in [0.3, 0.4) is 0 Å². The quantitative estimate of drug-likeness (QED) is 0.304. The zero-order valence-corrected chi connectivity index (χ0v) is 9.30. The number of benzene rings is 1. The molecule has 0 bridgehead atoms. The Morgan fingerprint density at radius 3 is 2.71 bits per heavy atom. The molecule has 3 N–H and O–H groups in total. The maximum Gasteiger partial charge on any atom is 0.292 e. The van der Waals surface area contributed by atoms with Crippen LogP contribution in [-0.4, -0.2) is 31.6 Å². The van der Waals surface area contributed by atoms with Gasteiger partial charge >= 0.3 is 0 Å². The summed E-state index contributed by atoms with van der Waals surface area (Å²) in [4.78, 5) is 10.2. The van der Waals surface area contributed by atoms with Gasteiger partial charge in [0.05, 0.1) is 24.9 Å². The van der Waals surface area contributed by atoms with Crippen LogP contribution in [0.2, 0.25) is 0 Å². The first-order valence-electron chi connectivity index (χ1n) is 5.08. The third-order valence-corrected chi connectivity index (χ3v) is 1.96. The van der Waals surface area contributed by atoms with E-state index < -0.39 is 4.92 Å². The molecular formula is C10H15N3O4. The zero-order valence-electron chi connectivity index (χ0n) is 9.30. The number of para-hydroxylation sites is 2. The van der Waals surface area contributed by atoms with Gasteiger partial charge < -0.3 is 20.5 Å². The van der Waals surface area contributed by atoms with Crippen molar-refractivity contribution < 1.29 is 14.4 Å². The highest BCUT2D eigenvalue weighted by Crippen LogP contribution is 2.22. The largest absolute Gasteiger partial charge is 0.364 e. The van der Waals surface area contributed by atoms with Crippen LogP contribution in [-0.2, 0) is 9.47 Å².